The average molecular weight is 282 g/mol. The van der Waals surface area contributed by atoms with E-state index in [1.807, 2.05) is 6.92 Å². The molecule has 0 amide bonds. The highest BCUT2D eigenvalue weighted by Crippen LogP contribution is 2.28. The zero-order valence-corrected chi connectivity index (χ0v) is 10.7. The van der Waals surface area contributed by atoms with Crippen LogP contribution < -0.4 is 10.5 Å². The fraction of sp³-hybridized carbons (Fsp3) is 0.214. The van der Waals surface area contributed by atoms with Crippen molar-refractivity contribution in [1.29, 1.82) is 0 Å². The summed E-state index contributed by atoms with van der Waals surface area (Å²) in [5.41, 5.74) is 8.22. The van der Waals surface area contributed by atoms with Crippen LogP contribution in [0.1, 0.15) is 12.5 Å². The van der Waals surface area contributed by atoms with Crippen molar-refractivity contribution in [3.05, 3.63) is 42.1 Å². The number of nitrogen functional groups attached to an aromatic ring is 1. The molecule has 0 aliphatic heterocycles. The van der Waals surface area contributed by atoms with Gasteiger partial charge in [-0.3, -0.25) is 0 Å². The first kappa shape index (κ1) is 14.2. The molecule has 0 unspecified atom stereocenters. The highest BCUT2D eigenvalue weighted by atomic mass is 19.4. The van der Waals surface area contributed by atoms with Gasteiger partial charge in [-0.2, -0.15) is 0 Å². The summed E-state index contributed by atoms with van der Waals surface area (Å²) >= 11 is 0. The predicted molar refractivity (Wildman–Crippen MR) is 70.1 cm³/mol. The highest BCUT2D eigenvalue weighted by molar-refractivity contribution is 5.68. The number of nitrogens with two attached hydrogens (primary N) is 1. The second-order valence-electron chi connectivity index (χ2n) is 4.19. The van der Waals surface area contributed by atoms with Crippen molar-refractivity contribution in [1.82, 2.24) is 4.98 Å². The summed E-state index contributed by atoms with van der Waals surface area (Å²) in [4.78, 5) is 4.01. The minimum Gasteiger partial charge on any atom is -0.406 e. The molecule has 6 heteroatoms. The van der Waals surface area contributed by atoms with Crippen molar-refractivity contribution >= 4 is 5.82 Å². The van der Waals surface area contributed by atoms with Gasteiger partial charge in [0.2, 0.25) is 0 Å². The lowest BCUT2D eigenvalue weighted by molar-refractivity contribution is -0.274. The van der Waals surface area contributed by atoms with Crippen LogP contribution in [-0.2, 0) is 6.42 Å². The van der Waals surface area contributed by atoms with E-state index in [1.165, 1.54) is 12.1 Å². The number of alkyl halides is 3. The maximum Gasteiger partial charge on any atom is 0.573 e. The lowest BCUT2D eigenvalue weighted by Gasteiger charge is -2.11. The van der Waals surface area contributed by atoms with Gasteiger partial charge in [-0.1, -0.05) is 19.1 Å². The number of anilines is 1. The molecule has 0 radical (unpaired) electrons. The summed E-state index contributed by atoms with van der Waals surface area (Å²) in [5.74, 6) is 0.172. The molecular weight excluding hydrogens is 269 g/mol. The molecule has 0 atom stereocenters. The van der Waals surface area contributed by atoms with Crippen LogP contribution >= 0.6 is 0 Å². The van der Waals surface area contributed by atoms with Crippen LogP contribution in [0, 0.1) is 0 Å². The van der Waals surface area contributed by atoms with E-state index in [2.05, 4.69) is 9.72 Å². The van der Waals surface area contributed by atoms with Gasteiger partial charge >= 0.3 is 6.36 Å². The molecule has 0 bridgehead atoms. The van der Waals surface area contributed by atoms with E-state index in [0.29, 0.717) is 5.82 Å². The number of benzene rings is 1. The smallest absolute Gasteiger partial charge is 0.406 e. The maximum atomic E-state index is 12.1. The van der Waals surface area contributed by atoms with E-state index >= 15 is 0 Å². The molecule has 20 heavy (non-hydrogen) atoms. The Morgan fingerprint density at radius 2 is 1.85 bits per heavy atom. The number of rotatable bonds is 3. The van der Waals surface area contributed by atoms with Crippen LogP contribution in [-0.4, -0.2) is 11.3 Å². The summed E-state index contributed by atoms with van der Waals surface area (Å²) in [6.07, 6.45) is -2.31. The van der Waals surface area contributed by atoms with Crippen molar-refractivity contribution in [2.75, 3.05) is 5.73 Å². The summed E-state index contributed by atoms with van der Waals surface area (Å²) in [7, 11) is 0. The maximum absolute atomic E-state index is 12.1. The first-order valence-corrected chi connectivity index (χ1v) is 5.99. The van der Waals surface area contributed by atoms with Crippen molar-refractivity contribution in [2.24, 2.45) is 0 Å². The number of halogens is 3. The molecule has 1 aromatic heterocycles. The first-order chi connectivity index (χ1) is 9.39. The highest BCUT2D eigenvalue weighted by Gasteiger charge is 2.30. The van der Waals surface area contributed by atoms with Gasteiger partial charge in [-0.15, -0.1) is 13.2 Å². The van der Waals surface area contributed by atoms with Crippen LogP contribution in [0.15, 0.2) is 36.5 Å². The molecule has 1 aromatic carbocycles. The number of ether oxygens (including phenoxy) is 1. The largest absolute Gasteiger partial charge is 0.573 e. The zero-order chi connectivity index (χ0) is 14.8. The fourth-order valence-corrected chi connectivity index (χ4v) is 1.90. The molecule has 106 valence electrons. The number of pyridine rings is 1. The van der Waals surface area contributed by atoms with Gasteiger partial charge in [0.1, 0.15) is 11.6 Å². The topological polar surface area (TPSA) is 48.1 Å². The number of hydrogen-bond acceptors (Lipinski definition) is 3. The second-order valence-corrected chi connectivity index (χ2v) is 4.19. The Hall–Kier alpha value is -2.24. The third-order valence-corrected chi connectivity index (χ3v) is 2.79. The van der Waals surface area contributed by atoms with Crippen LogP contribution in [0.5, 0.6) is 5.75 Å². The van der Waals surface area contributed by atoms with Crippen molar-refractivity contribution < 1.29 is 17.9 Å². The second kappa shape index (κ2) is 5.40. The molecule has 0 aliphatic rings. The van der Waals surface area contributed by atoms with Crippen LogP contribution in [0.2, 0.25) is 0 Å². The molecule has 0 saturated heterocycles. The van der Waals surface area contributed by atoms with Gasteiger partial charge < -0.3 is 10.5 Å². The minimum atomic E-state index is -4.68. The number of aryl methyl sites for hydroxylation is 1. The third kappa shape index (κ3) is 3.40. The number of hydrogen-bond donors (Lipinski definition) is 1. The van der Waals surface area contributed by atoms with E-state index in [-0.39, 0.29) is 5.75 Å². The Labute approximate surface area is 114 Å². The Morgan fingerprint density at radius 1 is 1.20 bits per heavy atom. The molecule has 0 saturated carbocycles. The summed E-state index contributed by atoms with van der Waals surface area (Å²) in [6.45, 7) is 1.97. The summed E-state index contributed by atoms with van der Waals surface area (Å²) in [6, 6.07) is 7.44. The normalized spacial score (nSPS) is 11.4. The van der Waals surface area contributed by atoms with Crippen LogP contribution in [0.3, 0.4) is 0 Å². The molecule has 2 aromatic rings. The van der Waals surface area contributed by atoms with E-state index in [4.69, 9.17) is 5.73 Å². The van der Waals surface area contributed by atoms with Crippen LogP contribution in [0.4, 0.5) is 19.0 Å². The Balaban J connectivity index is 2.30. The van der Waals surface area contributed by atoms with Gasteiger partial charge in [-0.05, 0) is 35.7 Å². The fourth-order valence-electron chi connectivity index (χ4n) is 1.90. The number of nitrogens with zero attached hydrogens (tertiary/aromatic N) is 1. The van der Waals surface area contributed by atoms with E-state index in [0.717, 1.165) is 23.1 Å². The van der Waals surface area contributed by atoms with E-state index in [9.17, 15) is 13.2 Å². The quantitative estimate of drug-likeness (QED) is 0.931. The molecule has 2 N–H and O–H groups in total. The lowest BCUT2D eigenvalue weighted by atomic mass is 10.0. The van der Waals surface area contributed by atoms with Gasteiger partial charge in [-0.25, -0.2) is 4.98 Å². The predicted octanol–water partition coefficient (Wildman–Crippen LogP) is 3.79. The van der Waals surface area contributed by atoms with Crippen molar-refractivity contribution in [3.63, 3.8) is 0 Å². The Kier molecular flexibility index (Phi) is 3.83. The standard InChI is InChI=1S/C14H13F3N2O/c1-2-9-7-13(18)19-8-12(9)10-3-5-11(6-4-10)20-14(15,16)17/h3-8H,2H2,1H3,(H2,18,19). The third-order valence-electron chi connectivity index (χ3n) is 2.79. The zero-order valence-electron chi connectivity index (χ0n) is 10.7. The summed E-state index contributed by atoms with van der Waals surface area (Å²) < 4.78 is 40.1. The Morgan fingerprint density at radius 3 is 2.40 bits per heavy atom. The lowest BCUT2D eigenvalue weighted by Crippen LogP contribution is -2.16. The molecule has 3 nitrogen and oxygen atoms in total. The summed E-state index contributed by atoms with van der Waals surface area (Å²) in [5, 5.41) is 0. The van der Waals surface area contributed by atoms with Crippen LogP contribution in [0.25, 0.3) is 11.1 Å². The molecule has 0 fully saturated rings. The SMILES string of the molecule is CCc1cc(N)ncc1-c1ccc(OC(F)(F)F)cc1. The Bertz CT molecular complexity index is 594. The van der Waals surface area contributed by atoms with Gasteiger partial charge in [0.05, 0.1) is 0 Å². The number of aromatic nitrogens is 1. The molecule has 0 aliphatic carbocycles. The average Bonchev–Trinajstić information content (AvgIpc) is 2.38. The van der Waals surface area contributed by atoms with Gasteiger partial charge in [0.25, 0.3) is 0 Å². The van der Waals surface area contributed by atoms with Gasteiger partial charge in [0, 0.05) is 11.8 Å². The van der Waals surface area contributed by atoms with Crippen molar-refractivity contribution in [2.45, 2.75) is 19.7 Å². The van der Waals surface area contributed by atoms with E-state index in [1.54, 1.807) is 24.4 Å². The molecule has 0 spiro atoms. The minimum absolute atomic E-state index is 0.247. The van der Waals surface area contributed by atoms with Gasteiger partial charge in [0.15, 0.2) is 0 Å². The monoisotopic (exact) mass is 282 g/mol. The molecular formula is C14H13F3N2O. The van der Waals surface area contributed by atoms with Crippen molar-refractivity contribution in [3.8, 4) is 16.9 Å². The first-order valence-electron chi connectivity index (χ1n) is 5.99. The molecule has 1 heterocycles. The molecule has 2 rings (SSSR count). The van der Waals surface area contributed by atoms with E-state index < -0.39 is 6.36 Å².